The molecule has 2 aromatic carbocycles. The van der Waals surface area contributed by atoms with Crippen molar-refractivity contribution >= 4 is 50.5 Å². The van der Waals surface area contributed by atoms with Crippen LogP contribution >= 0.6 is 27.7 Å². The van der Waals surface area contributed by atoms with Crippen LogP contribution in [0.25, 0.3) is 6.08 Å². The number of carbonyl (C=O) groups excluding carboxylic acids is 1. The molecule has 3 rings (SSSR count). The molecule has 1 fully saturated rings. The van der Waals surface area contributed by atoms with Crippen molar-refractivity contribution in [3.05, 3.63) is 56.9 Å². The van der Waals surface area contributed by atoms with E-state index in [1.165, 1.54) is 17.3 Å². The number of halogens is 1. The second kappa shape index (κ2) is 9.30. The number of hydrogen-bond acceptors (Lipinski definition) is 5. The molecule has 1 N–H and O–H groups in total. The Kier molecular flexibility index (Phi) is 6.80. The first-order valence-electron chi connectivity index (χ1n) is 8.92. The summed E-state index contributed by atoms with van der Waals surface area (Å²) in [4.78, 5) is 17.4. The van der Waals surface area contributed by atoms with E-state index in [1.807, 2.05) is 49.4 Å². The standard InChI is InChI=1S/C21H21BrN2O3S/c1-4-13-6-8-15(9-7-13)23-21-24-20(25)18(28-21)12-14-10-16(22)19(26-3)17(11-14)27-5-2/h6-12H,4-5H2,1-3H3,(H,23,24,25)/b18-12-. The Morgan fingerprint density at radius 3 is 2.61 bits per heavy atom. The third kappa shape index (κ3) is 4.77. The number of amidine groups is 1. The molecule has 0 atom stereocenters. The van der Waals surface area contributed by atoms with Crippen LogP contribution in [0.5, 0.6) is 11.5 Å². The lowest BCUT2D eigenvalue weighted by atomic mass is 10.2. The molecule has 0 spiro atoms. The number of ether oxygens (including phenoxy) is 2. The number of thioether (sulfide) groups is 1. The fraction of sp³-hybridized carbons (Fsp3) is 0.238. The van der Waals surface area contributed by atoms with Gasteiger partial charge in [-0.25, -0.2) is 4.99 Å². The lowest BCUT2D eigenvalue weighted by Gasteiger charge is -2.12. The highest BCUT2D eigenvalue weighted by atomic mass is 79.9. The Morgan fingerprint density at radius 1 is 1.21 bits per heavy atom. The van der Waals surface area contributed by atoms with Gasteiger partial charge in [-0.1, -0.05) is 19.1 Å². The summed E-state index contributed by atoms with van der Waals surface area (Å²) in [6, 6.07) is 11.7. The van der Waals surface area contributed by atoms with E-state index in [4.69, 9.17) is 9.47 Å². The molecule has 28 heavy (non-hydrogen) atoms. The molecular weight excluding hydrogens is 440 g/mol. The summed E-state index contributed by atoms with van der Waals surface area (Å²) >= 11 is 4.81. The van der Waals surface area contributed by atoms with Gasteiger partial charge in [-0.05, 0) is 82.5 Å². The van der Waals surface area contributed by atoms with Gasteiger partial charge in [-0.15, -0.1) is 0 Å². The van der Waals surface area contributed by atoms with Crippen LogP contribution < -0.4 is 14.8 Å². The summed E-state index contributed by atoms with van der Waals surface area (Å²) in [7, 11) is 1.59. The van der Waals surface area contributed by atoms with Crippen molar-refractivity contribution < 1.29 is 14.3 Å². The van der Waals surface area contributed by atoms with Crippen LogP contribution in [0.2, 0.25) is 0 Å². The smallest absolute Gasteiger partial charge is 0.264 e. The minimum atomic E-state index is -0.168. The normalized spacial score (nSPS) is 16.5. The Hall–Kier alpha value is -2.25. The van der Waals surface area contributed by atoms with Crippen LogP contribution in [0.3, 0.4) is 0 Å². The first-order chi connectivity index (χ1) is 13.5. The lowest BCUT2D eigenvalue weighted by Crippen LogP contribution is -2.19. The van der Waals surface area contributed by atoms with Gasteiger partial charge in [0, 0.05) is 0 Å². The number of methoxy groups -OCH3 is 1. The van der Waals surface area contributed by atoms with E-state index in [2.05, 4.69) is 33.2 Å². The fourth-order valence-corrected chi connectivity index (χ4v) is 4.15. The molecule has 0 aliphatic carbocycles. The van der Waals surface area contributed by atoms with Crippen molar-refractivity contribution in [1.82, 2.24) is 5.32 Å². The predicted octanol–water partition coefficient (Wildman–Crippen LogP) is 5.31. The van der Waals surface area contributed by atoms with Crippen LogP contribution in [0, 0.1) is 0 Å². The Morgan fingerprint density at radius 2 is 1.96 bits per heavy atom. The molecule has 0 aromatic heterocycles. The summed E-state index contributed by atoms with van der Waals surface area (Å²) in [5, 5.41) is 3.38. The van der Waals surface area contributed by atoms with E-state index < -0.39 is 0 Å². The molecule has 1 amide bonds. The minimum absolute atomic E-state index is 0.168. The summed E-state index contributed by atoms with van der Waals surface area (Å²) < 4.78 is 11.8. The topological polar surface area (TPSA) is 59.9 Å². The van der Waals surface area contributed by atoms with Gasteiger partial charge < -0.3 is 14.8 Å². The highest BCUT2D eigenvalue weighted by Gasteiger charge is 2.24. The van der Waals surface area contributed by atoms with Gasteiger partial charge in [-0.2, -0.15) is 0 Å². The van der Waals surface area contributed by atoms with Gasteiger partial charge in [0.2, 0.25) is 0 Å². The molecule has 1 aliphatic rings. The average Bonchev–Trinajstić information content (AvgIpc) is 3.01. The van der Waals surface area contributed by atoms with Crippen molar-refractivity contribution in [1.29, 1.82) is 0 Å². The molecule has 1 saturated heterocycles. The maximum atomic E-state index is 12.3. The van der Waals surface area contributed by atoms with E-state index in [0.29, 0.717) is 28.2 Å². The van der Waals surface area contributed by atoms with Gasteiger partial charge in [0.05, 0.1) is 28.8 Å². The highest BCUT2D eigenvalue weighted by Crippen LogP contribution is 2.38. The number of nitrogens with one attached hydrogen (secondary N) is 1. The fourth-order valence-electron chi connectivity index (χ4n) is 2.69. The van der Waals surface area contributed by atoms with Crippen molar-refractivity contribution in [2.75, 3.05) is 13.7 Å². The minimum Gasteiger partial charge on any atom is -0.492 e. The molecule has 146 valence electrons. The zero-order valence-electron chi connectivity index (χ0n) is 15.9. The molecule has 0 bridgehead atoms. The van der Waals surface area contributed by atoms with E-state index in [-0.39, 0.29) is 5.91 Å². The first-order valence-corrected chi connectivity index (χ1v) is 10.5. The van der Waals surface area contributed by atoms with Gasteiger partial charge in [0.1, 0.15) is 0 Å². The van der Waals surface area contributed by atoms with Crippen LogP contribution in [0.1, 0.15) is 25.0 Å². The molecular formula is C21H21BrN2O3S. The van der Waals surface area contributed by atoms with E-state index >= 15 is 0 Å². The molecule has 1 aliphatic heterocycles. The number of nitrogens with zero attached hydrogens (tertiary/aromatic N) is 1. The summed E-state index contributed by atoms with van der Waals surface area (Å²) in [5.41, 5.74) is 2.90. The zero-order chi connectivity index (χ0) is 20.1. The second-order valence-electron chi connectivity index (χ2n) is 5.97. The molecule has 2 aromatic rings. The second-order valence-corrected chi connectivity index (χ2v) is 7.85. The third-order valence-electron chi connectivity index (χ3n) is 4.06. The van der Waals surface area contributed by atoms with E-state index in [9.17, 15) is 4.79 Å². The van der Waals surface area contributed by atoms with E-state index in [1.54, 1.807) is 7.11 Å². The molecule has 0 radical (unpaired) electrons. The summed E-state index contributed by atoms with van der Waals surface area (Å²) in [6.45, 7) is 4.54. The van der Waals surface area contributed by atoms with Gasteiger partial charge >= 0.3 is 0 Å². The SMILES string of the molecule is CCOc1cc(/C=C2\SC(=Nc3ccc(CC)cc3)NC2=O)cc(Br)c1OC. The van der Waals surface area contributed by atoms with Crippen LogP contribution in [0.4, 0.5) is 5.69 Å². The van der Waals surface area contributed by atoms with E-state index in [0.717, 1.165) is 22.1 Å². The highest BCUT2D eigenvalue weighted by molar-refractivity contribution is 9.10. The maximum absolute atomic E-state index is 12.3. The number of amides is 1. The summed E-state index contributed by atoms with van der Waals surface area (Å²) in [5.74, 6) is 1.09. The summed E-state index contributed by atoms with van der Waals surface area (Å²) in [6.07, 6.45) is 2.80. The first kappa shape index (κ1) is 20.5. The lowest BCUT2D eigenvalue weighted by molar-refractivity contribution is -0.115. The number of carbonyl (C=O) groups is 1. The molecule has 1 heterocycles. The van der Waals surface area contributed by atoms with Gasteiger partial charge in [0.15, 0.2) is 16.7 Å². The molecule has 7 heteroatoms. The van der Waals surface area contributed by atoms with Crippen molar-refractivity contribution in [3.8, 4) is 11.5 Å². The zero-order valence-corrected chi connectivity index (χ0v) is 18.3. The van der Waals surface area contributed by atoms with Crippen molar-refractivity contribution in [2.45, 2.75) is 20.3 Å². The monoisotopic (exact) mass is 460 g/mol. The number of hydrogen-bond donors (Lipinski definition) is 1. The number of benzene rings is 2. The Bertz CT molecular complexity index is 939. The molecule has 0 unspecified atom stereocenters. The van der Waals surface area contributed by atoms with Crippen molar-refractivity contribution in [2.24, 2.45) is 4.99 Å². The van der Waals surface area contributed by atoms with Gasteiger partial charge in [-0.3, -0.25) is 4.79 Å². The quantitative estimate of drug-likeness (QED) is 0.593. The third-order valence-corrected chi connectivity index (χ3v) is 5.56. The Labute approximate surface area is 177 Å². The predicted molar refractivity (Wildman–Crippen MR) is 118 cm³/mol. The number of rotatable bonds is 6. The maximum Gasteiger partial charge on any atom is 0.264 e. The van der Waals surface area contributed by atoms with Crippen LogP contribution in [0.15, 0.2) is 50.8 Å². The van der Waals surface area contributed by atoms with Gasteiger partial charge in [0.25, 0.3) is 5.91 Å². The van der Waals surface area contributed by atoms with Crippen LogP contribution in [-0.2, 0) is 11.2 Å². The number of aryl methyl sites for hydroxylation is 1. The Balaban J connectivity index is 1.85. The molecule has 5 nitrogen and oxygen atoms in total. The number of aliphatic imine (C=N–C) groups is 1. The average molecular weight is 461 g/mol. The van der Waals surface area contributed by atoms with Crippen molar-refractivity contribution in [3.63, 3.8) is 0 Å². The molecule has 0 saturated carbocycles. The largest absolute Gasteiger partial charge is 0.492 e. The van der Waals surface area contributed by atoms with Crippen LogP contribution in [-0.4, -0.2) is 24.8 Å².